The minimum atomic E-state index is -3.65. The highest BCUT2D eigenvalue weighted by molar-refractivity contribution is 7.89. The SMILES string of the molecule is CC(C)Oc1cccc(C(=O)Nc2ccc(S(=O)(=O)NCc3ccccc3)cc2)c1. The highest BCUT2D eigenvalue weighted by Gasteiger charge is 2.14. The lowest BCUT2D eigenvalue weighted by atomic mass is 10.2. The van der Waals surface area contributed by atoms with Gasteiger partial charge in [0.05, 0.1) is 11.0 Å². The number of carbonyl (C=O) groups excluding carboxylic acids is 1. The van der Waals surface area contributed by atoms with E-state index < -0.39 is 10.0 Å². The Morgan fingerprint density at radius 2 is 1.63 bits per heavy atom. The van der Waals surface area contributed by atoms with Crippen LogP contribution in [0.4, 0.5) is 5.69 Å². The van der Waals surface area contributed by atoms with Crippen LogP contribution in [-0.2, 0) is 16.6 Å². The standard InChI is InChI=1S/C23H24N2O4S/c1-17(2)29-21-10-6-9-19(15-21)23(26)25-20-11-13-22(14-12-20)30(27,28)24-16-18-7-4-3-5-8-18/h3-15,17,24H,16H2,1-2H3,(H,25,26). The topological polar surface area (TPSA) is 84.5 Å². The van der Waals surface area contributed by atoms with Gasteiger partial charge in [0.1, 0.15) is 5.75 Å². The number of carbonyl (C=O) groups is 1. The summed E-state index contributed by atoms with van der Waals surface area (Å²) in [5.41, 5.74) is 1.82. The average molecular weight is 425 g/mol. The quantitative estimate of drug-likeness (QED) is 0.567. The maximum Gasteiger partial charge on any atom is 0.255 e. The van der Waals surface area contributed by atoms with E-state index in [1.54, 1.807) is 36.4 Å². The summed E-state index contributed by atoms with van der Waals surface area (Å²) < 4.78 is 33.1. The van der Waals surface area contributed by atoms with Crippen LogP contribution in [-0.4, -0.2) is 20.4 Å². The maximum absolute atomic E-state index is 12.5. The zero-order valence-corrected chi connectivity index (χ0v) is 17.6. The molecule has 0 saturated heterocycles. The number of anilines is 1. The van der Waals surface area contributed by atoms with E-state index in [-0.39, 0.29) is 23.5 Å². The first-order valence-corrected chi connectivity index (χ1v) is 11.0. The van der Waals surface area contributed by atoms with Gasteiger partial charge >= 0.3 is 0 Å². The third-order valence-corrected chi connectivity index (χ3v) is 5.62. The van der Waals surface area contributed by atoms with Crippen LogP contribution in [0.5, 0.6) is 5.75 Å². The minimum absolute atomic E-state index is 0.00769. The van der Waals surface area contributed by atoms with Gasteiger partial charge in [0, 0.05) is 17.8 Å². The summed E-state index contributed by atoms with van der Waals surface area (Å²) in [7, 11) is -3.65. The van der Waals surface area contributed by atoms with Crippen molar-refractivity contribution >= 4 is 21.6 Å². The normalized spacial score (nSPS) is 11.3. The van der Waals surface area contributed by atoms with Crippen molar-refractivity contribution in [1.29, 1.82) is 0 Å². The fourth-order valence-electron chi connectivity index (χ4n) is 2.76. The zero-order valence-electron chi connectivity index (χ0n) is 16.8. The lowest BCUT2D eigenvalue weighted by molar-refractivity contribution is 0.102. The third kappa shape index (κ3) is 5.92. The summed E-state index contributed by atoms with van der Waals surface area (Å²) >= 11 is 0. The van der Waals surface area contributed by atoms with Gasteiger partial charge in [-0.1, -0.05) is 36.4 Å². The second kappa shape index (κ2) is 9.56. The molecule has 0 unspecified atom stereocenters. The van der Waals surface area contributed by atoms with Gasteiger partial charge in [0.2, 0.25) is 10.0 Å². The Labute approximate surface area is 177 Å². The first-order valence-electron chi connectivity index (χ1n) is 9.55. The van der Waals surface area contributed by atoms with Crippen LogP contribution in [0.1, 0.15) is 29.8 Å². The maximum atomic E-state index is 12.5. The number of hydrogen-bond acceptors (Lipinski definition) is 4. The van der Waals surface area contributed by atoms with E-state index in [0.717, 1.165) is 5.56 Å². The monoisotopic (exact) mass is 424 g/mol. The molecule has 0 fully saturated rings. The first-order chi connectivity index (χ1) is 14.3. The van der Waals surface area contributed by atoms with Gasteiger partial charge < -0.3 is 10.1 Å². The van der Waals surface area contributed by atoms with Gasteiger partial charge in [0.25, 0.3) is 5.91 Å². The number of nitrogens with one attached hydrogen (secondary N) is 2. The number of sulfonamides is 1. The van der Waals surface area contributed by atoms with Crippen LogP contribution in [0, 0.1) is 0 Å². The Morgan fingerprint density at radius 1 is 0.933 bits per heavy atom. The van der Waals surface area contributed by atoms with Crippen molar-refractivity contribution in [2.45, 2.75) is 31.4 Å². The van der Waals surface area contributed by atoms with Crippen LogP contribution in [0.3, 0.4) is 0 Å². The molecule has 3 aromatic rings. The van der Waals surface area contributed by atoms with Crippen molar-refractivity contribution in [3.8, 4) is 5.75 Å². The molecule has 2 N–H and O–H groups in total. The third-order valence-electron chi connectivity index (χ3n) is 4.20. The Morgan fingerprint density at radius 3 is 2.30 bits per heavy atom. The lowest BCUT2D eigenvalue weighted by Crippen LogP contribution is -2.23. The summed E-state index contributed by atoms with van der Waals surface area (Å²) in [6.45, 7) is 4.03. The summed E-state index contributed by atoms with van der Waals surface area (Å²) in [6, 6.07) is 22.2. The molecule has 6 nitrogen and oxygen atoms in total. The van der Waals surface area contributed by atoms with E-state index in [9.17, 15) is 13.2 Å². The largest absolute Gasteiger partial charge is 0.491 e. The van der Waals surface area contributed by atoms with Crippen molar-refractivity contribution in [3.05, 3.63) is 90.0 Å². The summed E-state index contributed by atoms with van der Waals surface area (Å²) in [4.78, 5) is 12.6. The van der Waals surface area contributed by atoms with Crippen molar-refractivity contribution in [2.75, 3.05) is 5.32 Å². The molecule has 0 heterocycles. The van der Waals surface area contributed by atoms with Crippen molar-refractivity contribution in [2.24, 2.45) is 0 Å². The molecule has 0 radical (unpaired) electrons. The Kier molecular flexibility index (Phi) is 6.87. The predicted molar refractivity (Wildman–Crippen MR) is 117 cm³/mol. The van der Waals surface area contributed by atoms with Crippen molar-refractivity contribution in [3.63, 3.8) is 0 Å². The van der Waals surface area contributed by atoms with E-state index in [2.05, 4.69) is 10.0 Å². The molecule has 0 aliphatic heterocycles. The summed E-state index contributed by atoms with van der Waals surface area (Å²) in [5.74, 6) is 0.311. The average Bonchev–Trinajstić information content (AvgIpc) is 2.73. The zero-order chi connectivity index (χ0) is 21.6. The van der Waals surface area contributed by atoms with Crippen LogP contribution in [0.25, 0.3) is 0 Å². The molecular formula is C23H24N2O4S. The van der Waals surface area contributed by atoms with Crippen LogP contribution in [0.15, 0.2) is 83.8 Å². The number of hydrogen-bond donors (Lipinski definition) is 2. The van der Waals surface area contributed by atoms with E-state index in [1.807, 2.05) is 44.2 Å². The summed E-state index contributed by atoms with van der Waals surface area (Å²) in [6.07, 6.45) is 0.00769. The number of benzene rings is 3. The van der Waals surface area contributed by atoms with E-state index in [0.29, 0.717) is 17.0 Å². The fourth-order valence-corrected chi connectivity index (χ4v) is 3.78. The van der Waals surface area contributed by atoms with Crippen LogP contribution in [0.2, 0.25) is 0 Å². The molecule has 0 saturated carbocycles. The van der Waals surface area contributed by atoms with E-state index >= 15 is 0 Å². The lowest BCUT2D eigenvalue weighted by Gasteiger charge is -2.11. The molecule has 3 rings (SSSR count). The fraction of sp³-hybridized carbons (Fsp3) is 0.174. The van der Waals surface area contributed by atoms with Gasteiger partial charge in [-0.05, 0) is 61.9 Å². The van der Waals surface area contributed by atoms with Crippen molar-refractivity contribution < 1.29 is 17.9 Å². The molecule has 0 aliphatic rings. The molecule has 3 aromatic carbocycles. The van der Waals surface area contributed by atoms with Crippen LogP contribution >= 0.6 is 0 Å². The van der Waals surface area contributed by atoms with Gasteiger partial charge in [0.15, 0.2) is 0 Å². The predicted octanol–water partition coefficient (Wildman–Crippen LogP) is 4.20. The molecular weight excluding hydrogens is 400 g/mol. The molecule has 0 bridgehead atoms. The Balaban J connectivity index is 1.64. The number of amides is 1. The van der Waals surface area contributed by atoms with Gasteiger partial charge in [-0.25, -0.2) is 13.1 Å². The molecule has 7 heteroatoms. The molecule has 1 amide bonds. The molecule has 156 valence electrons. The number of rotatable bonds is 8. The molecule has 0 aliphatic carbocycles. The molecule has 30 heavy (non-hydrogen) atoms. The Bertz CT molecular complexity index is 1100. The first kappa shape index (κ1) is 21.5. The second-order valence-corrected chi connectivity index (χ2v) is 8.75. The highest BCUT2D eigenvalue weighted by Crippen LogP contribution is 2.18. The summed E-state index contributed by atoms with van der Waals surface area (Å²) in [5, 5.41) is 2.77. The molecule has 0 aromatic heterocycles. The van der Waals surface area contributed by atoms with Gasteiger partial charge in [-0.15, -0.1) is 0 Å². The van der Waals surface area contributed by atoms with E-state index in [4.69, 9.17) is 4.74 Å². The highest BCUT2D eigenvalue weighted by atomic mass is 32.2. The Hall–Kier alpha value is -3.16. The minimum Gasteiger partial charge on any atom is -0.491 e. The number of ether oxygens (including phenoxy) is 1. The van der Waals surface area contributed by atoms with E-state index in [1.165, 1.54) is 12.1 Å². The van der Waals surface area contributed by atoms with Gasteiger partial charge in [-0.2, -0.15) is 0 Å². The molecule has 0 atom stereocenters. The van der Waals surface area contributed by atoms with Crippen LogP contribution < -0.4 is 14.8 Å². The smallest absolute Gasteiger partial charge is 0.255 e. The molecule has 0 spiro atoms. The van der Waals surface area contributed by atoms with Gasteiger partial charge in [-0.3, -0.25) is 4.79 Å². The van der Waals surface area contributed by atoms with Crippen molar-refractivity contribution in [1.82, 2.24) is 4.72 Å². The second-order valence-electron chi connectivity index (χ2n) is 6.98.